The van der Waals surface area contributed by atoms with Crippen LogP contribution in [0.25, 0.3) is 0 Å². The lowest BCUT2D eigenvalue weighted by atomic mass is 10.2. The van der Waals surface area contributed by atoms with Crippen LogP contribution >= 0.6 is 0 Å². The van der Waals surface area contributed by atoms with Gasteiger partial charge in [0, 0.05) is 0 Å². The van der Waals surface area contributed by atoms with Gasteiger partial charge >= 0.3 is 0 Å². The van der Waals surface area contributed by atoms with Crippen LogP contribution in [0.1, 0.15) is 11.3 Å². The Bertz CT molecular complexity index is 630. The molecule has 0 fully saturated rings. The van der Waals surface area contributed by atoms with Crippen molar-refractivity contribution in [2.45, 2.75) is 26.2 Å². The summed E-state index contributed by atoms with van der Waals surface area (Å²) in [6.45, 7) is 7.32. The third-order valence-electron chi connectivity index (χ3n) is 2.61. The quantitative estimate of drug-likeness (QED) is 0.643. The Kier molecular flexibility index (Phi) is 4.25. The summed E-state index contributed by atoms with van der Waals surface area (Å²) in [6.07, 6.45) is 1.89. The van der Waals surface area contributed by atoms with Crippen LogP contribution in [-0.4, -0.2) is 30.2 Å². The lowest BCUT2D eigenvalue weighted by Gasteiger charge is -2.03. The molecule has 20 heavy (non-hydrogen) atoms. The molecule has 0 aliphatic carbocycles. The van der Waals surface area contributed by atoms with Crippen LogP contribution in [0.5, 0.6) is 5.75 Å². The van der Waals surface area contributed by atoms with Gasteiger partial charge in [-0.05, 0) is 17.7 Å². The van der Waals surface area contributed by atoms with Crippen molar-refractivity contribution in [3.8, 4) is 17.2 Å². The van der Waals surface area contributed by atoms with E-state index in [1.165, 1.54) is 0 Å². The average molecular weight is 285 g/mol. The number of ether oxygens (including phenoxy) is 1. The second-order valence-electron chi connectivity index (χ2n) is 5.65. The lowest BCUT2D eigenvalue weighted by molar-refractivity contribution is 0.414. The van der Waals surface area contributed by atoms with Gasteiger partial charge in [0.2, 0.25) is 0 Å². The van der Waals surface area contributed by atoms with Crippen molar-refractivity contribution in [3.63, 3.8) is 0 Å². The van der Waals surface area contributed by atoms with Crippen molar-refractivity contribution in [2.24, 2.45) is 0 Å². The maximum Gasteiger partial charge on any atom is 0.154 e. The Labute approximate surface area is 120 Å². The third kappa shape index (κ3) is 4.25. The fourth-order valence-corrected chi connectivity index (χ4v) is 2.11. The summed E-state index contributed by atoms with van der Waals surface area (Å²) in [7, 11) is 0.295. The van der Waals surface area contributed by atoms with Gasteiger partial charge in [0.15, 0.2) is 5.69 Å². The van der Waals surface area contributed by atoms with Crippen LogP contribution < -0.4 is 4.74 Å². The van der Waals surface area contributed by atoms with Gasteiger partial charge in [0.05, 0.1) is 19.9 Å². The van der Waals surface area contributed by atoms with Gasteiger partial charge in [-0.3, -0.25) is 0 Å². The third-order valence-corrected chi connectivity index (χ3v) is 3.48. The summed E-state index contributed by atoms with van der Waals surface area (Å²) in [5.41, 5.74) is 5.18. The first-order chi connectivity index (χ1) is 9.46. The summed E-state index contributed by atoms with van der Waals surface area (Å²) in [4.78, 5) is 0. The summed E-state index contributed by atoms with van der Waals surface area (Å²) in [6, 6.07) is 7.93. The van der Waals surface area contributed by atoms with Gasteiger partial charge in [-0.25, -0.2) is 4.68 Å². The highest BCUT2D eigenvalue weighted by Crippen LogP contribution is 2.12. The first-order valence-electron chi connectivity index (χ1n) is 6.52. The maximum absolute atomic E-state index is 5.14. The fraction of sp³-hybridized carbons (Fsp3) is 0.333. The van der Waals surface area contributed by atoms with Crippen LogP contribution in [0.3, 0.4) is 0 Å². The first-order valence-corrected chi connectivity index (χ1v) is 10.0. The molecule has 0 N–H and O–H groups in total. The molecular formula is C15H19N3OSi. The number of hydrogen-bond donors (Lipinski definition) is 0. The minimum absolute atomic E-state index is 0.686. The molecule has 1 aromatic heterocycles. The molecular weight excluding hydrogens is 266 g/mol. The SMILES string of the molecule is COc1ccc(Cn2cc(C#C[Si](C)(C)C)nn2)cc1. The highest BCUT2D eigenvalue weighted by molar-refractivity contribution is 6.83. The van der Waals surface area contributed by atoms with Gasteiger partial charge in [-0.15, -0.1) is 10.6 Å². The Balaban J connectivity index is 2.06. The maximum atomic E-state index is 5.14. The highest BCUT2D eigenvalue weighted by Gasteiger charge is 2.08. The number of benzene rings is 1. The predicted molar refractivity (Wildman–Crippen MR) is 82.3 cm³/mol. The van der Waals surface area contributed by atoms with Gasteiger partial charge in [0.1, 0.15) is 13.8 Å². The van der Waals surface area contributed by atoms with E-state index >= 15 is 0 Å². The van der Waals surface area contributed by atoms with Crippen LogP contribution in [-0.2, 0) is 6.54 Å². The number of nitrogens with zero attached hydrogens (tertiary/aromatic N) is 3. The molecule has 5 heteroatoms. The van der Waals surface area contributed by atoms with Crippen LogP contribution in [0.4, 0.5) is 0 Å². The van der Waals surface area contributed by atoms with E-state index in [2.05, 4.69) is 41.4 Å². The molecule has 0 amide bonds. The van der Waals surface area contributed by atoms with Crippen LogP contribution in [0.2, 0.25) is 19.6 Å². The number of hydrogen-bond acceptors (Lipinski definition) is 3. The van der Waals surface area contributed by atoms with Gasteiger partial charge in [-0.2, -0.15) is 0 Å². The first kappa shape index (κ1) is 14.3. The van der Waals surface area contributed by atoms with E-state index in [1.807, 2.05) is 30.5 Å². The Morgan fingerprint density at radius 2 is 1.90 bits per heavy atom. The van der Waals surface area contributed by atoms with Crippen LogP contribution in [0.15, 0.2) is 30.5 Å². The standard InChI is InChI=1S/C15H19N3OSi/c1-19-15-7-5-13(6-8-15)11-18-12-14(16-17-18)9-10-20(2,3)4/h5-8,12H,11H2,1-4H3. The second kappa shape index (κ2) is 5.93. The lowest BCUT2D eigenvalue weighted by Crippen LogP contribution is -2.16. The smallest absolute Gasteiger partial charge is 0.154 e. The van der Waals surface area contributed by atoms with Crippen molar-refractivity contribution in [1.29, 1.82) is 0 Å². The van der Waals surface area contributed by atoms with Gasteiger partial charge < -0.3 is 4.74 Å². The van der Waals surface area contributed by atoms with Crippen molar-refractivity contribution >= 4 is 8.07 Å². The molecule has 0 atom stereocenters. The molecule has 4 nitrogen and oxygen atoms in total. The molecule has 0 aliphatic heterocycles. The molecule has 0 bridgehead atoms. The van der Waals surface area contributed by atoms with E-state index in [-0.39, 0.29) is 0 Å². The Morgan fingerprint density at radius 3 is 2.50 bits per heavy atom. The molecule has 104 valence electrons. The molecule has 0 radical (unpaired) electrons. The van der Waals surface area contributed by atoms with Crippen molar-refractivity contribution < 1.29 is 4.74 Å². The molecule has 0 unspecified atom stereocenters. The van der Waals surface area contributed by atoms with Crippen molar-refractivity contribution in [2.75, 3.05) is 7.11 Å². The van der Waals surface area contributed by atoms with Crippen LogP contribution in [0, 0.1) is 11.5 Å². The normalized spacial score (nSPS) is 10.8. The van der Waals surface area contributed by atoms with Crippen molar-refractivity contribution in [1.82, 2.24) is 15.0 Å². The summed E-state index contributed by atoms with van der Waals surface area (Å²) in [5.74, 6) is 3.96. The zero-order valence-corrected chi connectivity index (χ0v) is 13.3. The molecule has 0 saturated heterocycles. The minimum Gasteiger partial charge on any atom is -0.497 e. The molecule has 0 spiro atoms. The monoisotopic (exact) mass is 285 g/mol. The van der Waals surface area contributed by atoms with Gasteiger partial charge in [0.25, 0.3) is 0 Å². The van der Waals surface area contributed by atoms with E-state index in [0.29, 0.717) is 6.54 Å². The summed E-state index contributed by atoms with van der Waals surface area (Å²) >= 11 is 0. The van der Waals surface area contributed by atoms with E-state index in [0.717, 1.165) is 17.0 Å². The zero-order chi connectivity index (χ0) is 14.6. The summed E-state index contributed by atoms with van der Waals surface area (Å²) < 4.78 is 6.94. The van der Waals surface area contributed by atoms with E-state index < -0.39 is 8.07 Å². The molecule has 0 aliphatic rings. The summed E-state index contributed by atoms with van der Waals surface area (Å²) in [5, 5.41) is 8.19. The van der Waals surface area contributed by atoms with Gasteiger partial charge in [-0.1, -0.05) is 42.9 Å². The number of aromatic nitrogens is 3. The number of rotatable bonds is 3. The Hall–Kier alpha value is -2.06. The molecule has 2 rings (SSSR count). The van der Waals surface area contributed by atoms with E-state index in [4.69, 9.17) is 4.74 Å². The topological polar surface area (TPSA) is 39.9 Å². The number of methoxy groups -OCH3 is 1. The molecule has 2 aromatic rings. The second-order valence-corrected chi connectivity index (χ2v) is 10.4. The molecule has 1 aromatic carbocycles. The average Bonchev–Trinajstić information content (AvgIpc) is 2.84. The van der Waals surface area contributed by atoms with E-state index in [1.54, 1.807) is 11.8 Å². The highest BCUT2D eigenvalue weighted by atomic mass is 28.3. The molecule has 0 saturated carbocycles. The molecule has 1 heterocycles. The predicted octanol–water partition coefficient (Wildman–Crippen LogP) is 2.56. The van der Waals surface area contributed by atoms with E-state index in [9.17, 15) is 0 Å². The fourth-order valence-electron chi connectivity index (χ4n) is 1.60. The Morgan fingerprint density at radius 1 is 1.20 bits per heavy atom. The van der Waals surface area contributed by atoms with Crippen molar-refractivity contribution in [3.05, 3.63) is 41.7 Å². The minimum atomic E-state index is -1.37. The zero-order valence-electron chi connectivity index (χ0n) is 12.3. The largest absolute Gasteiger partial charge is 0.497 e.